The van der Waals surface area contributed by atoms with Crippen molar-refractivity contribution < 1.29 is 14.7 Å². The largest absolute Gasteiger partial charge is 0.480 e. The van der Waals surface area contributed by atoms with Crippen LogP contribution in [0.4, 0.5) is 0 Å². The van der Waals surface area contributed by atoms with Crippen molar-refractivity contribution in [3.05, 3.63) is 22.4 Å². The molecule has 0 spiro atoms. The van der Waals surface area contributed by atoms with Crippen LogP contribution in [0, 0.1) is 5.41 Å². The van der Waals surface area contributed by atoms with Crippen LogP contribution in [-0.2, 0) is 15.0 Å². The Kier molecular flexibility index (Phi) is 2.73. The number of rotatable bonds is 4. The molecule has 0 radical (unpaired) electrons. The van der Waals surface area contributed by atoms with E-state index in [1.165, 1.54) is 0 Å². The maximum Gasteiger partial charge on any atom is 0.322 e. The van der Waals surface area contributed by atoms with E-state index in [9.17, 15) is 9.59 Å². The first kappa shape index (κ1) is 12.1. The predicted molar refractivity (Wildman–Crippen MR) is 65.0 cm³/mol. The maximum absolute atomic E-state index is 12.2. The van der Waals surface area contributed by atoms with Gasteiger partial charge in [0.25, 0.3) is 0 Å². The minimum Gasteiger partial charge on any atom is -0.480 e. The van der Waals surface area contributed by atoms with Crippen LogP contribution >= 0.6 is 11.3 Å². The van der Waals surface area contributed by atoms with Gasteiger partial charge in [0.2, 0.25) is 5.91 Å². The normalized spacial score (nSPS) is 25.3. The summed E-state index contributed by atoms with van der Waals surface area (Å²) >= 11 is 1.55. The lowest BCUT2D eigenvalue weighted by Gasteiger charge is -2.18. The van der Waals surface area contributed by atoms with Gasteiger partial charge < -0.3 is 10.4 Å². The van der Waals surface area contributed by atoms with Crippen LogP contribution < -0.4 is 5.32 Å². The summed E-state index contributed by atoms with van der Waals surface area (Å²) in [6.45, 7) is 3.75. The fourth-order valence-corrected chi connectivity index (χ4v) is 3.47. The molecule has 1 amide bonds. The van der Waals surface area contributed by atoms with E-state index in [0.717, 1.165) is 11.3 Å². The third-order valence-electron chi connectivity index (χ3n) is 3.47. The summed E-state index contributed by atoms with van der Waals surface area (Å²) in [5.74, 6) is -1.19. The number of amides is 1. The molecule has 4 nitrogen and oxygen atoms in total. The van der Waals surface area contributed by atoms with Gasteiger partial charge in [-0.05, 0) is 23.3 Å². The number of nitrogens with one attached hydrogen (secondary N) is 1. The summed E-state index contributed by atoms with van der Waals surface area (Å²) in [5.41, 5.74) is -0.628. The molecule has 0 saturated heterocycles. The lowest BCUT2D eigenvalue weighted by molar-refractivity contribution is -0.138. The fraction of sp³-hybridized carbons (Fsp3) is 0.500. The zero-order valence-corrected chi connectivity index (χ0v) is 10.6. The smallest absolute Gasteiger partial charge is 0.322 e. The summed E-state index contributed by atoms with van der Waals surface area (Å²) in [7, 11) is 0. The van der Waals surface area contributed by atoms with Gasteiger partial charge in [-0.15, -0.1) is 11.3 Å². The van der Waals surface area contributed by atoms with Crippen LogP contribution in [0.5, 0.6) is 0 Å². The number of aliphatic carboxylic acids is 1. The number of carbonyl (C=O) groups is 2. The molecule has 1 aliphatic carbocycles. The van der Waals surface area contributed by atoms with Gasteiger partial charge in [-0.1, -0.05) is 19.9 Å². The lowest BCUT2D eigenvalue weighted by Crippen LogP contribution is -2.39. The van der Waals surface area contributed by atoms with Crippen molar-refractivity contribution in [2.75, 3.05) is 6.54 Å². The van der Waals surface area contributed by atoms with Crippen molar-refractivity contribution in [2.24, 2.45) is 5.41 Å². The first-order valence-corrected chi connectivity index (χ1v) is 6.32. The van der Waals surface area contributed by atoms with E-state index in [4.69, 9.17) is 5.11 Å². The predicted octanol–water partition coefficient (Wildman–Crippen LogP) is 1.62. The first-order chi connectivity index (χ1) is 7.90. The van der Waals surface area contributed by atoms with E-state index in [1.807, 2.05) is 31.4 Å². The molecule has 1 saturated carbocycles. The molecule has 0 bridgehead atoms. The van der Waals surface area contributed by atoms with Gasteiger partial charge in [-0.25, -0.2) is 0 Å². The molecular weight excluding hydrogens is 238 g/mol. The molecule has 1 aromatic rings. The topological polar surface area (TPSA) is 66.4 Å². The average molecular weight is 253 g/mol. The van der Waals surface area contributed by atoms with Gasteiger partial charge in [-0.2, -0.15) is 0 Å². The Labute approximate surface area is 104 Å². The van der Waals surface area contributed by atoms with Crippen LogP contribution in [-0.4, -0.2) is 23.5 Å². The molecule has 1 aliphatic rings. The Hall–Kier alpha value is -1.36. The second-order valence-electron chi connectivity index (χ2n) is 5.02. The number of carboxylic acids is 1. The fourth-order valence-electron chi connectivity index (χ4n) is 2.37. The molecule has 17 heavy (non-hydrogen) atoms. The third kappa shape index (κ3) is 1.84. The van der Waals surface area contributed by atoms with Crippen molar-refractivity contribution in [3.8, 4) is 0 Å². The van der Waals surface area contributed by atoms with E-state index in [-0.39, 0.29) is 17.9 Å². The Morgan fingerprint density at radius 2 is 2.18 bits per heavy atom. The highest BCUT2D eigenvalue weighted by atomic mass is 32.1. The SMILES string of the molecule is CC1(C)C[C@]1(C(=O)NCC(=O)O)c1cccs1. The second kappa shape index (κ2) is 3.84. The van der Waals surface area contributed by atoms with Gasteiger partial charge in [-0.3, -0.25) is 9.59 Å². The van der Waals surface area contributed by atoms with Crippen LogP contribution in [0.25, 0.3) is 0 Å². The Morgan fingerprint density at radius 3 is 2.59 bits per heavy atom. The summed E-state index contributed by atoms with van der Waals surface area (Å²) in [6, 6.07) is 3.86. The molecule has 1 aromatic heterocycles. The molecule has 0 aliphatic heterocycles. The van der Waals surface area contributed by atoms with Crippen molar-refractivity contribution in [1.29, 1.82) is 0 Å². The number of thiophene rings is 1. The van der Waals surface area contributed by atoms with Crippen LogP contribution in [0.1, 0.15) is 25.1 Å². The molecular formula is C12H15NO3S. The zero-order valence-electron chi connectivity index (χ0n) is 9.82. The quantitative estimate of drug-likeness (QED) is 0.856. The van der Waals surface area contributed by atoms with E-state index >= 15 is 0 Å². The van der Waals surface area contributed by atoms with E-state index in [0.29, 0.717) is 0 Å². The van der Waals surface area contributed by atoms with Gasteiger partial charge >= 0.3 is 5.97 Å². The lowest BCUT2D eigenvalue weighted by atomic mass is 9.93. The van der Waals surface area contributed by atoms with Gasteiger partial charge in [0.05, 0.1) is 5.41 Å². The monoisotopic (exact) mass is 253 g/mol. The maximum atomic E-state index is 12.2. The van der Waals surface area contributed by atoms with Crippen molar-refractivity contribution in [1.82, 2.24) is 5.32 Å². The molecule has 2 rings (SSSR count). The molecule has 2 N–H and O–H groups in total. The molecule has 1 atom stereocenters. The van der Waals surface area contributed by atoms with Gasteiger partial charge in [0.15, 0.2) is 0 Å². The zero-order chi connectivity index (χ0) is 12.7. The number of carbonyl (C=O) groups excluding carboxylic acids is 1. The average Bonchev–Trinajstić information content (AvgIpc) is 2.69. The standard InChI is InChI=1S/C12H15NO3S/c1-11(2)7-12(11,8-4-3-5-17-8)10(16)13-6-9(14)15/h3-5H,6-7H2,1-2H3,(H,13,16)(H,14,15)/t12-/m1/s1. The molecule has 0 aromatic carbocycles. The summed E-state index contributed by atoms with van der Waals surface area (Å²) in [5, 5.41) is 13.0. The van der Waals surface area contributed by atoms with Gasteiger partial charge in [0.1, 0.15) is 6.54 Å². The Bertz CT molecular complexity index is 452. The minimum atomic E-state index is -1.02. The van der Waals surface area contributed by atoms with E-state index in [1.54, 1.807) is 11.3 Å². The molecule has 1 heterocycles. The number of hydrogen-bond donors (Lipinski definition) is 2. The molecule has 1 fully saturated rings. The Balaban J connectivity index is 2.20. The molecule has 5 heteroatoms. The molecule has 92 valence electrons. The van der Waals surface area contributed by atoms with E-state index in [2.05, 4.69) is 5.32 Å². The van der Waals surface area contributed by atoms with Gasteiger partial charge in [0, 0.05) is 4.88 Å². The highest BCUT2D eigenvalue weighted by Crippen LogP contribution is 2.65. The highest BCUT2D eigenvalue weighted by molar-refractivity contribution is 7.10. The Morgan fingerprint density at radius 1 is 1.53 bits per heavy atom. The van der Waals surface area contributed by atoms with Crippen LogP contribution in [0.15, 0.2) is 17.5 Å². The highest BCUT2D eigenvalue weighted by Gasteiger charge is 2.67. The van der Waals surface area contributed by atoms with Crippen molar-refractivity contribution in [3.63, 3.8) is 0 Å². The van der Waals surface area contributed by atoms with Crippen molar-refractivity contribution in [2.45, 2.75) is 25.7 Å². The second-order valence-corrected chi connectivity index (χ2v) is 5.97. The third-order valence-corrected chi connectivity index (χ3v) is 4.50. The summed E-state index contributed by atoms with van der Waals surface area (Å²) < 4.78 is 0. The molecule has 0 unspecified atom stereocenters. The van der Waals surface area contributed by atoms with Crippen LogP contribution in [0.2, 0.25) is 0 Å². The summed E-state index contributed by atoms with van der Waals surface area (Å²) in [6.07, 6.45) is 0.770. The van der Waals surface area contributed by atoms with Crippen LogP contribution in [0.3, 0.4) is 0 Å². The van der Waals surface area contributed by atoms with Crippen molar-refractivity contribution >= 4 is 23.2 Å². The number of carboxylic acid groups (broad SMARTS) is 1. The summed E-state index contributed by atoms with van der Waals surface area (Å²) in [4.78, 5) is 23.7. The minimum absolute atomic E-state index is 0.0968. The van der Waals surface area contributed by atoms with E-state index < -0.39 is 11.4 Å². The first-order valence-electron chi connectivity index (χ1n) is 5.44. The number of hydrogen-bond acceptors (Lipinski definition) is 3.